The zero-order valence-electron chi connectivity index (χ0n) is 17.5. The lowest BCUT2D eigenvalue weighted by atomic mass is 10.1. The van der Waals surface area contributed by atoms with Crippen LogP contribution in [0.5, 0.6) is 0 Å². The number of ether oxygens (including phenoxy) is 1. The number of anilines is 1. The molecule has 0 saturated carbocycles. The summed E-state index contributed by atoms with van der Waals surface area (Å²) in [5, 5.41) is 0. The Morgan fingerprint density at radius 2 is 2.00 bits per heavy atom. The number of carbonyl (C=O) groups excluding carboxylic acids is 1. The Balaban J connectivity index is 2.20. The average Bonchev–Trinajstić information content (AvgIpc) is 3.00. The highest BCUT2D eigenvalue weighted by atomic mass is 16.6. The third-order valence-corrected chi connectivity index (χ3v) is 4.55. The van der Waals surface area contributed by atoms with Crippen LogP contribution >= 0.6 is 0 Å². The van der Waals surface area contributed by atoms with Gasteiger partial charge in [-0.3, -0.25) is 9.80 Å². The molecule has 1 aromatic heterocycles. The fourth-order valence-electron chi connectivity index (χ4n) is 3.46. The molecular formula is C21H35N3O2. The van der Waals surface area contributed by atoms with Gasteiger partial charge in [-0.2, -0.15) is 0 Å². The number of nitrogens with zero attached hydrogens (tertiary/aromatic N) is 3. The largest absolute Gasteiger partial charge is 0.443 e. The van der Waals surface area contributed by atoms with Gasteiger partial charge in [0.05, 0.1) is 0 Å². The molecule has 1 atom stereocenters. The molecule has 0 unspecified atom stereocenters. The summed E-state index contributed by atoms with van der Waals surface area (Å²) in [6.45, 7) is 16.0. The van der Waals surface area contributed by atoms with Crippen molar-refractivity contribution in [1.29, 1.82) is 0 Å². The molecule has 1 amide bonds. The molecule has 146 valence electrons. The van der Waals surface area contributed by atoms with E-state index in [-0.39, 0.29) is 6.09 Å². The number of amides is 1. The van der Waals surface area contributed by atoms with Crippen LogP contribution in [0.4, 0.5) is 10.6 Å². The number of carbonyl (C=O) groups is 1. The van der Waals surface area contributed by atoms with Gasteiger partial charge in [-0.05, 0) is 71.6 Å². The van der Waals surface area contributed by atoms with Crippen molar-refractivity contribution in [1.82, 2.24) is 9.88 Å². The molecule has 0 aromatic carbocycles. The first-order valence-corrected chi connectivity index (χ1v) is 9.80. The van der Waals surface area contributed by atoms with Gasteiger partial charge in [0.25, 0.3) is 0 Å². The van der Waals surface area contributed by atoms with Gasteiger partial charge >= 0.3 is 6.09 Å². The van der Waals surface area contributed by atoms with Gasteiger partial charge in [-0.15, -0.1) is 0 Å². The summed E-state index contributed by atoms with van der Waals surface area (Å²) in [7, 11) is 0. The molecule has 1 saturated heterocycles. The number of hydrogen-bond donors (Lipinski definition) is 0. The highest BCUT2D eigenvalue weighted by molar-refractivity contribution is 5.86. The van der Waals surface area contributed by atoms with Crippen LogP contribution in [0.1, 0.15) is 72.9 Å². The molecular weight excluding hydrogens is 326 g/mol. The van der Waals surface area contributed by atoms with Gasteiger partial charge < -0.3 is 4.74 Å². The van der Waals surface area contributed by atoms with Gasteiger partial charge in [0.2, 0.25) is 0 Å². The highest BCUT2D eigenvalue weighted by Gasteiger charge is 2.29. The molecule has 1 fully saturated rings. The van der Waals surface area contributed by atoms with Crippen molar-refractivity contribution in [3.63, 3.8) is 0 Å². The minimum Gasteiger partial charge on any atom is -0.443 e. The van der Waals surface area contributed by atoms with Gasteiger partial charge in [0.1, 0.15) is 11.4 Å². The molecule has 5 nitrogen and oxygen atoms in total. The Kier molecular flexibility index (Phi) is 6.67. The van der Waals surface area contributed by atoms with E-state index in [9.17, 15) is 4.79 Å². The smallest absolute Gasteiger partial charge is 0.416 e. The van der Waals surface area contributed by atoms with Gasteiger partial charge in [-0.25, -0.2) is 9.78 Å². The van der Waals surface area contributed by atoms with Crippen molar-refractivity contribution in [3.05, 3.63) is 23.9 Å². The first-order chi connectivity index (χ1) is 12.1. The summed E-state index contributed by atoms with van der Waals surface area (Å²) in [6.07, 6.45) is 3.98. The third kappa shape index (κ3) is 5.44. The van der Waals surface area contributed by atoms with Gasteiger partial charge in [0.15, 0.2) is 0 Å². The van der Waals surface area contributed by atoms with Crippen molar-refractivity contribution >= 4 is 11.9 Å². The summed E-state index contributed by atoms with van der Waals surface area (Å²) < 4.78 is 5.57. The Bertz CT molecular complexity index is 590. The minimum atomic E-state index is -0.520. The number of hydrogen-bond acceptors (Lipinski definition) is 4. The SMILES string of the molecule is CC(C)CN(C(=O)OC(C)(C)C)c1ccc([C@@H]2CCCN2C(C)C)cn1. The van der Waals surface area contributed by atoms with E-state index in [1.807, 2.05) is 33.0 Å². The molecule has 1 aromatic rings. The maximum absolute atomic E-state index is 12.6. The Morgan fingerprint density at radius 1 is 1.31 bits per heavy atom. The van der Waals surface area contributed by atoms with E-state index in [1.54, 1.807) is 4.90 Å². The highest BCUT2D eigenvalue weighted by Crippen LogP contribution is 2.33. The average molecular weight is 362 g/mol. The van der Waals surface area contributed by atoms with E-state index in [1.165, 1.54) is 18.4 Å². The molecule has 2 heterocycles. The summed E-state index contributed by atoms with van der Waals surface area (Å²) in [5.41, 5.74) is 0.710. The van der Waals surface area contributed by atoms with Crippen LogP contribution in [-0.4, -0.2) is 40.7 Å². The zero-order valence-corrected chi connectivity index (χ0v) is 17.5. The first-order valence-electron chi connectivity index (χ1n) is 9.80. The molecule has 2 rings (SSSR count). The Hall–Kier alpha value is -1.62. The second kappa shape index (κ2) is 8.38. The van der Waals surface area contributed by atoms with Crippen molar-refractivity contribution in [2.75, 3.05) is 18.0 Å². The maximum atomic E-state index is 12.6. The Labute approximate surface area is 158 Å². The molecule has 0 N–H and O–H groups in total. The van der Waals surface area contributed by atoms with E-state index in [0.29, 0.717) is 30.4 Å². The molecule has 1 aliphatic heterocycles. The van der Waals surface area contributed by atoms with Crippen LogP contribution in [0.3, 0.4) is 0 Å². The van der Waals surface area contributed by atoms with E-state index in [2.05, 4.69) is 43.6 Å². The standard InChI is InChI=1S/C21H35N3O2/c1-15(2)14-24(20(25)26-21(5,6)7)19-11-10-17(13-22-19)18-9-8-12-23(18)16(3)4/h10-11,13,15-16,18H,8-9,12,14H2,1-7H3/t18-/m0/s1. The fourth-order valence-corrected chi connectivity index (χ4v) is 3.46. The van der Waals surface area contributed by atoms with Crippen LogP contribution in [0.15, 0.2) is 18.3 Å². The van der Waals surface area contributed by atoms with E-state index in [4.69, 9.17) is 4.74 Å². The molecule has 26 heavy (non-hydrogen) atoms. The van der Waals surface area contributed by atoms with E-state index < -0.39 is 5.60 Å². The molecule has 1 aliphatic rings. The van der Waals surface area contributed by atoms with Crippen LogP contribution in [-0.2, 0) is 4.74 Å². The zero-order chi connectivity index (χ0) is 19.5. The van der Waals surface area contributed by atoms with Gasteiger partial charge in [-0.1, -0.05) is 19.9 Å². The molecule has 0 radical (unpaired) electrons. The van der Waals surface area contributed by atoms with Crippen molar-refractivity contribution < 1.29 is 9.53 Å². The molecule has 0 spiro atoms. The second-order valence-corrected chi connectivity index (χ2v) is 8.92. The lowest BCUT2D eigenvalue weighted by molar-refractivity contribution is 0.0575. The topological polar surface area (TPSA) is 45.7 Å². The normalized spacial score (nSPS) is 18.6. The number of aromatic nitrogens is 1. The monoisotopic (exact) mass is 361 g/mol. The minimum absolute atomic E-state index is 0.329. The molecule has 0 aliphatic carbocycles. The molecule has 0 bridgehead atoms. The van der Waals surface area contributed by atoms with Crippen molar-refractivity contribution in [2.45, 2.75) is 79.0 Å². The predicted octanol–water partition coefficient (Wildman–Crippen LogP) is 5.02. The fraction of sp³-hybridized carbons (Fsp3) is 0.714. The van der Waals surface area contributed by atoms with Gasteiger partial charge in [0, 0.05) is 24.8 Å². The van der Waals surface area contributed by atoms with E-state index in [0.717, 1.165) is 6.54 Å². The van der Waals surface area contributed by atoms with Crippen LogP contribution in [0, 0.1) is 5.92 Å². The lowest BCUT2D eigenvalue weighted by Crippen LogP contribution is -2.39. The number of rotatable bonds is 5. The number of likely N-dealkylation sites (tertiary alicyclic amines) is 1. The summed E-state index contributed by atoms with van der Waals surface area (Å²) in [4.78, 5) is 21.4. The van der Waals surface area contributed by atoms with E-state index >= 15 is 0 Å². The predicted molar refractivity (Wildman–Crippen MR) is 106 cm³/mol. The third-order valence-electron chi connectivity index (χ3n) is 4.55. The van der Waals surface area contributed by atoms with Crippen LogP contribution in [0.25, 0.3) is 0 Å². The number of pyridine rings is 1. The second-order valence-electron chi connectivity index (χ2n) is 8.92. The Morgan fingerprint density at radius 3 is 2.50 bits per heavy atom. The summed E-state index contributed by atoms with van der Waals surface area (Å²) in [5.74, 6) is 0.987. The summed E-state index contributed by atoms with van der Waals surface area (Å²) >= 11 is 0. The van der Waals surface area contributed by atoms with Crippen molar-refractivity contribution in [2.24, 2.45) is 5.92 Å². The first kappa shape index (κ1) is 20.7. The van der Waals surface area contributed by atoms with Crippen LogP contribution in [0.2, 0.25) is 0 Å². The molecule has 5 heteroatoms. The van der Waals surface area contributed by atoms with Crippen LogP contribution < -0.4 is 4.90 Å². The lowest BCUT2D eigenvalue weighted by Gasteiger charge is -2.30. The summed E-state index contributed by atoms with van der Waals surface area (Å²) in [6, 6.07) is 5.03. The van der Waals surface area contributed by atoms with Crippen molar-refractivity contribution in [3.8, 4) is 0 Å². The quantitative estimate of drug-likeness (QED) is 0.738. The maximum Gasteiger partial charge on any atom is 0.416 e.